The van der Waals surface area contributed by atoms with Crippen LogP contribution in [0, 0.1) is 5.92 Å². The highest BCUT2D eigenvalue weighted by atomic mass is 16.5. The van der Waals surface area contributed by atoms with Gasteiger partial charge in [-0.05, 0) is 19.4 Å². The van der Waals surface area contributed by atoms with E-state index in [-0.39, 0.29) is 0 Å². The van der Waals surface area contributed by atoms with Crippen LogP contribution in [0.2, 0.25) is 0 Å². The molecule has 0 unspecified atom stereocenters. The Morgan fingerprint density at radius 3 is 3.00 bits per heavy atom. The number of nitrogens with one attached hydrogen (secondary N) is 1. The molecule has 0 aromatic carbocycles. The number of fused-ring (bicyclic) bond motifs is 1. The summed E-state index contributed by atoms with van der Waals surface area (Å²) in [4.78, 5) is 2.61. The van der Waals surface area contributed by atoms with Gasteiger partial charge in [0.15, 0.2) is 0 Å². The molecule has 0 aliphatic carbocycles. The molecule has 2 rings (SSSR count). The quantitative estimate of drug-likeness (QED) is 0.586. The predicted molar refractivity (Wildman–Crippen MR) is 52.8 cm³/mol. The van der Waals surface area contributed by atoms with Gasteiger partial charge in [-0.25, -0.2) is 0 Å². The summed E-state index contributed by atoms with van der Waals surface area (Å²) in [5.41, 5.74) is 0. The molecule has 0 radical (unpaired) electrons. The number of morpholine rings is 1. The Balaban J connectivity index is 2.06. The summed E-state index contributed by atoms with van der Waals surface area (Å²) in [6.45, 7) is 9.84. The molecule has 0 spiro atoms. The highest BCUT2D eigenvalue weighted by Crippen LogP contribution is 2.19. The maximum absolute atomic E-state index is 5.50. The van der Waals surface area contributed by atoms with Crippen LogP contribution in [0.1, 0.15) is 13.8 Å². The minimum absolute atomic E-state index is 0.605. The zero-order valence-electron chi connectivity index (χ0n) is 8.62. The first-order valence-corrected chi connectivity index (χ1v) is 5.33. The van der Waals surface area contributed by atoms with Gasteiger partial charge >= 0.3 is 0 Å². The Morgan fingerprint density at radius 1 is 1.31 bits per heavy atom. The van der Waals surface area contributed by atoms with Crippen molar-refractivity contribution in [3.63, 3.8) is 0 Å². The van der Waals surface area contributed by atoms with Crippen molar-refractivity contribution in [2.75, 3.05) is 32.8 Å². The Kier molecular flexibility index (Phi) is 2.86. The van der Waals surface area contributed by atoms with Gasteiger partial charge in [0.05, 0.1) is 13.2 Å². The van der Waals surface area contributed by atoms with Gasteiger partial charge < -0.3 is 10.1 Å². The van der Waals surface area contributed by atoms with Crippen molar-refractivity contribution in [3.05, 3.63) is 0 Å². The van der Waals surface area contributed by atoms with Crippen LogP contribution in [-0.2, 0) is 4.74 Å². The van der Waals surface area contributed by atoms with Crippen LogP contribution in [0.4, 0.5) is 0 Å². The standard InChI is InChI=1S/C10H20N2O/c1-8-5-11-6-10-7-13-4-3-12(10)9(8)2/h8-11H,3-7H2,1-2H3/t8-,9-,10-/m1/s1. The Hall–Kier alpha value is -0.120. The lowest BCUT2D eigenvalue weighted by Crippen LogP contribution is -2.52. The summed E-state index contributed by atoms with van der Waals surface area (Å²) in [7, 11) is 0. The van der Waals surface area contributed by atoms with Crippen LogP contribution in [0.5, 0.6) is 0 Å². The number of hydrogen-bond acceptors (Lipinski definition) is 3. The van der Waals surface area contributed by atoms with E-state index in [0.29, 0.717) is 12.1 Å². The molecule has 3 nitrogen and oxygen atoms in total. The summed E-state index contributed by atoms with van der Waals surface area (Å²) >= 11 is 0. The molecule has 2 aliphatic heterocycles. The molecule has 76 valence electrons. The van der Waals surface area contributed by atoms with E-state index >= 15 is 0 Å². The van der Waals surface area contributed by atoms with Crippen molar-refractivity contribution < 1.29 is 4.74 Å². The van der Waals surface area contributed by atoms with Crippen LogP contribution < -0.4 is 5.32 Å². The van der Waals surface area contributed by atoms with E-state index in [1.54, 1.807) is 0 Å². The normalized spacial score (nSPS) is 42.5. The third kappa shape index (κ3) is 1.87. The van der Waals surface area contributed by atoms with Crippen molar-refractivity contribution in [1.29, 1.82) is 0 Å². The molecule has 3 atom stereocenters. The summed E-state index contributed by atoms with van der Waals surface area (Å²) in [6.07, 6.45) is 0. The number of rotatable bonds is 0. The van der Waals surface area contributed by atoms with E-state index < -0.39 is 0 Å². The monoisotopic (exact) mass is 184 g/mol. The van der Waals surface area contributed by atoms with E-state index in [0.717, 1.165) is 38.8 Å². The van der Waals surface area contributed by atoms with Gasteiger partial charge in [0.1, 0.15) is 0 Å². The Labute approximate surface area is 80.4 Å². The third-order valence-corrected chi connectivity index (χ3v) is 3.47. The van der Waals surface area contributed by atoms with Gasteiger partial charge in [-0.1, -0.05) is 6.92 Å². The Bertz CT molecular complexity index is 172. The molecule has 0 aromatic heterocycles. The molecule has 0 amide bonds. The first-order valence-electron chi connectivity index (χ1n) is 5.33. The summed E-state index contributed by atoms with van der Waals surface area (Å²) < 4.78 is 5.50. The molecular weight excluding hydrogens is 164 g/mol. The van der Waals surface area contributed by atoms with Crippen molar-refractivity contribution in [2.24, 2.45) is 5.92 Å². The van der Waals surface area contributed by atoms with Gasteiger partial charge in [0.2, 0.25) is 0 Å². The van der Waals surface area contributed by atoms with Gasteiger partial charge in [-0.3, -0.25) is 4.90 Å². The van der Waals surface area contributed by atoms with E-state index in [9.17, 15) is 0 Å². The zero-order valence-corrected chi connectivity index (χ0v) is 8.62. The molecule has 0 bridgehead atoms. The first-order chi connectivity index (χ1) is 6.29. The fourth-order valence-electron chi connectivity index (χ4n) is 2.36. The van der Waals surface area contributed by atoms with Crippen molar-refractivity contribution in [3.8, 4) is 0 Å². The second-order valence-corrected chi connectivity index (χ2v) is 4.34. The minimum Gasteiger partial charge on any atom is -0.378 e. The second kappa shape index (κ2) is 3.95. The fourth-order valence-corrected chi connectivity index (χ4v) is 2.36. The largest absolute Gasteiger partial charge is 0.378 e. The van der Waals surface area contributed by atoms with Crippen molar-refractivity contribution >= 4 is 0 Å². The average molecular weight is 184 g/mol. The minimum atomic E-state index is 0.605. The third-order valence-electron chi connectivity index (χ3n) is 3.47. The van der Waals surface area contributed by atoms with E-state index in [4.69, 9.17) is 4.74 Å². The summed E-state index contributed by atoms with van der Waals surface area (Å²) in [6, 6.07) is 1.30. The highest BCUT2D eigenvalue weighted by Gasteiger charge is 2.31. The summed E-state index contributed by atoms with van der Waals surface area (Å²) in [5, 5.41) is 3.50. The van der Waals surface area contributed by atoms with Crippen LogP contribution in [0.3, 0.4) is 0 Å². The molecule has 2 saturated heterocycles. The van der Waals surface area contributed by atoms with Gasteiger partial charge in [0.25, 0.3) is 0 Å². The van der Waals surface area contributed by atoms with Crippen LogP contribution in [0.15, 0.2) is 0 Å². The number of nitrogens with zero attached hydrogens (tertiary/aromatic N) is 1. The van der Waals surface area contributed by atoms with Crippen LogP contribution in [0.25, 0.3) is 0 Å². The summed E-state index contributed by atoms with van der Waals surface area (Å²) in [5.74, 6) is 0.753. The topological polar surface area (TPSA) is 24.5 Å². The highest BCUT2D eigenvalue weighted by molar-refractivity contribution is 4.87. The SMILES string of the molecule is C[C@@H]1CNC[C@@H]2COCCN2[C@@H]1C. The second-order valence-electron chi connectivity index (χ2n) is 4.34. The molecular formula is C10H20N2O. The smallest absolute Gasteiger partial charge is 0.0635 e. The zero-order chi connectivity index (χ0) is 9.26. The fraction of sp³-hybridized carbons (Fsp3) is 1.00. The first kappa shape index (κ1) is 9.44. The maximum atomic E-state index is 5.50. The molecule has 2 heterocycles. The van der Waals surface area contributed by atoms with E-state index in [1.807, 2.05) is 0 Å². The molecule has 1 N–H and O–H groups in total. The maximum Gasteiger partial charge on any atom is 0.0635 e. The van der Waals surface area contributed by atoms with E-state index in [2.05, 4.69) is 24.1 Å². The van der Waals surface area contributed by atoms with Gasteiger partial charge in [0, 0.05) is 25.2 Å². The molecule has 0 aromatic rings. The predicted octanol–water partition coefficient (Wildman–Crippen LogP) is 0.315. The lowest BCUT2D eigenvalue weighted by Gasteiger charge is -2.39. The molecule has 0 saturated carbocycles. The lowest BCUT2D eigenvalue weighted by molar-refractivity contribution is -0.0254. The van der Waals surface area contributed by atoms with Crippen LogP contribution >= 0.6 is 0 Å². The number of hydrogen-bond donors (Lipinski definition) is 1. The van der Waals surface area contributed by atoms with Gasteiger partial charge in [-0.15, -0.1) is 0 Å². The van der Waals surface area contributed by atoms with Crippen molar-refractivity contribution in [2.45, 2.75) is 25.9 Å². The average Bonchev–Trinajstić information content (AvgIpc) is 2.29. The van der Waals surface area contributed by atoms with E-state index in [1.165, 1.54) is 0 Å². The number of ether oxygens (including phenoxy) is 1. The van der Waals surface area contributed by atoms with Crippen molar-refractivity contribution in [1.82, 2.24) is 10.2 Å². The van der Waals surface area contributed by atoms with Gasteiger partial charge in [-0.2, -0.15) is 0 Å². The molecule has 3 heteroatoms. The molecule has 13 heavy (non-hydrogen) atoms. The molecule has 2 aliphatic rings. The Morgan fingerprint density at radius 2 is 2.15 bits per heavy atom. The molecule has 2 fully saturated rings. The lowest BCUT2D eigenvalue weighted by atomic mass is 10.0. The van der Waals surface area contributed by atoms with Crippen LogP contribution in [-0.4, -0.2) is 49.8 Å².